The number of carbonyl (C=O) groups is 2. The molecule has 0 aliphatic heterocycles. The largest absolute Gasteiger partial charge is 0.476 e. The van der Waals surface area contributed by atoms with E-state index in [2.05, 4.69) is 20.8 Å². The number of amides is 2. The zero-order valence-electron chi connectivity index (χ0n) is 10.5. The van der Waals surface area contributed by atoms with Crippen LogP contribution >= 0.6 is 11.3 Å². The van der Waals surface area contributed by atoms with Crippen molar-refractivity contribution in [1.82, 2.24) is 20.8 Å². The first-order chi connectivity index (χ1) is 9.56. The number of hydrogen-bond donors (Lipinski definition) is 3. The molecule has 3 N–H and O–H groups in total. The van der Waals surface area contributed by atoms with Gasteiger partial charge in [0.15, 0.2) is 11.5 Å². The lowest BCUT2D eigenvalue weighted by atomic mass is 10.3. The van der Waals surface area contributed by atoms with Crippen LogP contribution in [-0.4, -0.2) is 27.2 Å². The normalized spacial score (nSPS) is 11.8. The molecule has 0 saturated carbocycles. The smallest absolute Gasteiger partial charge is 0.355 e. The summed E-state index contributed by atoms with van der Waals surface area (Å²) >= 11 is 1.18. The molecule has 0 radical (unpaired) electrons. The van der Waals surface area contributed by atoms with Gasteiger partial charge in [0.25, 0.3) is 0 Å². The van der Waals surface area contributed by atoms with Gasteiger partial charge in [0, 0.05) is 11.4 Å². The molecule has 2 amide bonds. The van der Waals surface area contributed by atoms with E-state index < -0.39 is 12.0 Å². The third-order valence-corrected chi connectivity index (χ3v) is 3.40. The van der Waals surface area contributed by atoms with Gasteiger partial charge in [-0.1, -0.05) is 5.16 Å². The van der Waals surface area contributed by atoms with E-state index >= 15 is 0 Å². The quantitative estimate of drug-likeness (QED) is 0.767. The summed E-state index contributed by atoms with van der Waals surface area (Å²) in [6.07, 6.45) is 1.49. The van der Waals surface area contributed by atoms with Crippen molar-refractivity contribution in [2.75, 3.05) is 0 Å². The van der Waals surface area contributed by atoms with E-state index in [0.717, 1.165) is 0 Å². The van der Waals surface area contributed by atoms with Gasteiger partial charge in [-0.25, -0.2) is 14.6 Å². The molecule has 2 aromatic rings. The number of urea groups is 1. The third-order valence-electron chi connectivity index (χ3n) is 2.37. The molecule has 20 heavy (non-hydrogen) atoms. The maximum Gasteiger partial charge on any atom is 0.355 e. The summed E-state index contributed by atoms with van der Waals surface area (Å²) in [5.74, 6) is -0.551. The van der Waals surface area contributed by atoms with Crippen LogP contribution < -0.4 is 10.6 Å². The molecule has 8 nitrogen and oxygen atoms in total. The molecule has 0 aliphatic carbocycles. The highest BCUT2D eigenvalue weighted by atomic mass is 32.1. The Morgan fingerprint density at radius 1 is 1.55 bits per heavy atom. The van der Waals surface area contributed by atoms with E-state index in [9.17, 15) is 9.59 Å². The van der Waals surface area contributed by atoms with Gasteiger partial charge in [-0.15, -0.1) is 11.3 Å². The van der Waals surface area contributed by atoms with Crippen LogP contribution in [0.15, 0.2) is 22.2 Å². The van der Waals surface area contributed by atoms with Gasteiger partial charge in [0.2, 0.25) is 0 Å². The van der Waals surface area contributed by atoms with Gasteiger partial charge in [-0.05, 0) is 6.92 Å². The second kappa shape index (κ2) is 6.15. The fourth-order valence-electron chi connectivity index (χ4n) is 1.39. The molecular formula is C11H12N4O4S. The van der Waals surface area contributed by atoms with E-state index in [0.29, 0.717) is 10.8 Å². The molecule has 1 unspecified atom stereocenters. The molecular weight excluding hydrogens is 284 g/mol. The highest BCUT2D eigenvalue weighted by Crippen LogP contribution is 2.17. The number of nitrogens with one attached hydrogen (secondary N) is 2. The maximum atomic E-state index is 11.6. The minimum absolute atomic E-state index is 0.0271. The van der Waals surface area contributed by atoms with Crippen LogP contribution in [0.1, 0.15) is 34.2 Å². The topological polar surface area (TPSA) is 117 Å². The Morgan fingerprint density at radius 3 is 2.95 bits per heavy atom. The number of carboxylic acid groups (broad SMARTS) is 1. The molecule has 1 atom stereocenters. The summed E-state index contributed by atoms with van der Waals surface area (Å²) in [5.41, 5.74) is -0.0271. The number of nitrogens with zero attached hydrogens (tertiary/aromatic N) is 2. The number of rotatable bonds is 5. The predicted molar refractivity (Wildman–Crippen MR) is 69.4 cm³/mol. The van der Waals surface area contributed by atoms with E-state index in [1.165, 1.54) is 22.9 Å². The van der Waals surface area contributed by atoms with Crippen LogP contribution in [0.2, 0.25) is 0 Å². The minimum Gasteiger partial charge on any atom is -0.476 e. The summed E-state index contributed by atoms with van der Waals surface area (Å²) in [4.78, 5) is 26.3. The number of hydrogen-bond acceptors (Lipinski definition) is 6. The molecule has 9 heteroatoms. The van der Waals surface area contributed by atoms with Crippen LogP contribution in [0.25, 0.3) is 0 Å². The molecule has 0 aromatic carbocycles. The van der Waals surface area contributed by atoms with Crippen LogP contribution in [-0.2, 0) is 6.54 Å². The van der Waals surface area contributed by atoms with Crippen LogP contribution in [0, 0.1) is 0 Å². The molecule has 0 saturated heterocycles. The van der Waals surface area contributed by atoms with Gasteiger partial charge in [-0.3, -0.25) is 0 Å². The lowest BCUT2D eigenvalue weighted by Gasteiger charge is -2.11. The Morgan fingerprint density at radius 2 is 2.35 bits per heavy atom. The van der Waals surface area contributed by atoms with Gasteiger partial charge >= 0.3 is 12.0 Å². The van der Waals surface area contributed by atoms with E-state index in [1.54, 1.807) is 13.0 Å². The molecule has 0 aliphatic rings. The summed E-state index contributed by atoms with van der Waals surface area (Å²) < 4.78 is 4.84. The summed E-state index contributed by atoms with van der Waals surface area (Å²) in [6.45, 7) is 1.94. The summed E-state index contributed by atoms with van der Waals surface area (Å²) in [7, 11) is 0. The van der Waals surface area contributed by atoms with Crippen molar-refractivity contribution in [3.63, 3.8) is 0 Å². The van der Waals surface area contributed by atoms with Crippen molar-refractivity contribution in [3.05, 3.63) is 34.1 Å². The highest BCUT2D eigenvalue weighted by molar-refractivity contribution is 7.09. The van der Waals surface area contributed by atoms with Crippen LogP contribution in [0.3, 0.4) is 0 Å². The predicted octanol–water partition coefficient (Wildman–Crippen LogP) is 1.39. The zero-order chi connectivity index (χ0) is 14.5. The highest BCUT2D eigenvalue weighted by Gasteiger charge is 2.15. The van der Waals surface area contributed by atoms with Gasteiger partial charge in [0.05, 0.1) is 18.8 Å². The molecule has 2 heterocycles. The second-order valence-electron chi connectivity index (χ2n) is 3.90. The zero-order valence-corrected chi connectivity index (χ0v) is 11.3. The Balaban J connectivity index is 1.85. The number of aromatic carboxylic acids is 1. The van der Waals surface area contributed by atoms with Gasteiger partial charge < -0.3 is 20.3 Å². The Kier molecular flexibility index (Phi) is 4.31. The fraction of sp³-hybridized carbons (Fsp3) is 0.273. The first-order valence-electron chi connectivity index (χ1n) is 5.69. The van der Waals surface area contributed by atoms with Crippen molar-refractivity contribution in [2.24, 2.45) is 0 Å². The third kappa shape index (κ3) is 3.54. The van der Waals surface area contributed by atoms with Crippen molar-refractivity contribution < 1.29 is 19.2 Å². The lowest BCUT2D eigenvalue weighted by molar-refractivity contribution is 0.0691. The molecule has 2 rings (SSSR count). The molecule has 2 aromatic heterocycles. The first kappa shape index (κ1) is 14.0. The summed E-state index contributed by atoms with van der Waals surface area (Å²) in [5, 5.41) is 19.5. The molecule has 0 fully saturated rings. The maximum absolute atomic E-state index is 11.6. The average molecular weight is 296 g/mol. The van der Waals surface area contributed by atoms with Crippen molar-refractivity contribution >= 4 is 23.3 Å². The molecule has 106 valence electrons. The van der Waals surface area contributed by atoms with E-state index in [4.69, 9.17) is 9.63 Å². The van der Waals surface area contributed by atoms with Crippen molar-refractivity contribution in [1.29, 1.82) is 0 Å². The van der Waals surface area contributed by atoms with Crippen molar-refractivity contribution in [2.45, 2.75) is 19.5 Å². The Hall–Kier alpha value is -2.42. The number of aromatic nitrogens is 2. The Labute approximate surface area is 117 Å². The van der Waals surface area contributed by atoms with E-state index in [-0.39, 0.29) is 18.3 Å². The van der Waals surface area contributed by atoms with Crippen LogP contribution in [0.5, 0.6) is 0 Å². The number of thiazole rings is 1. The number of carboxylic acids is 1. The van der Waals surface area contributed by atoms with Gasteiger partial charge in [-0.2, -0.15) is 0 Å². The summed E-state index contributed by atoms with van der Waals surface area (Å²) in [6, 6.07) is 0.854. The van der Waals surface area contributed by atoms with Crippen LogP contribution in [0.4, 0.5) is 4.79 Å². The fourth-order valence-corrected chi connectivity index (χ4v) is 2.19. The molecule has 0 spiro atoms. The Bertz CT molecular complexity index is 595. The van der Waals surface area contributed by atoms with Crippen molar-refractivity contribution in [3.8, 4) is 0 Å². The lowest BCUT2D eigenvalue weighted by Crippen LogP contribution is -2.36. The monoisotopic (exact) mass is 296 g/mol. The first-order valence-corrected chi connectivity index (χ1v) is 6.57. The molecule has 0 bridgehead atoms. The second-order valence-corrected chi connectivity index (χ2v) is 4.79. The van der Waals surface area contributed by atoms with E-state index in [1.807, 2.05) is 0 Å². The average Bonchev–Trinajstić information content (AvgIpc) is 3.07. The SMILES string of the molecule is CC(NC(=O)NCc1ccno1)c1nc(C(=O)O)cs1. The minimum atomic E-state index is -1.09. The standard InChI is InChI=1S/C11H12N4O4S/c1-6(9-15-8(5-20-9)10(16)17)14-11(18)12-4-7-2-3-13-19-7/h2-3,5-6H,4H2,1H3,(H,16,17)(H2,12,14,18). The van der Waals surface area contributed by atoms with Gasteiger partial charge in [0.1, 0.15) is 5.01 Å². The number of carbonyl (C=O) groups excluding carboxylic acids is 1.